The molecular weight excluding hydrogens is 265 g/mol. The second kappa shape index (κ2) is 6.31. The van der Waals surface area contributed by atoms with Gasteiger partial charge in [-0.25, -0.2) is 0 Å². The fourth-order valence-corrected chi connectivity index (χ4v) is 1.33. The van der Waals surface area contributed by atoms with Crippen LogP contribution in [0.3, 0.4) is 0 Å². The van der Waals surface area contributed by atoms with Gasteiger partial charge in [0.1, 0.15) is 11.5 Å². The minimum atomic E-state index is -4.74. The van der Waals surface area contributed by atoms with Crippen molar-refractivity contribution >= 4 is 5.97 Å². The summed E-state index contributed by atoms with van der Waals surface area (Å²) in [6, 6.07) is 5.50. The first-order chi connectivity index (χ1) is 8.82. The zero-order chi connectivity index (χ0) is 14.5. The Hall–Kier alpha value is -1.92. The molecule has 1 aromatic rings. The van der Waals surface area contributed by atoms with Gasteiger partial charge in [-0.1, -0.05) is 0 Å². The van der Waals surface area contributed by atoms with Crippen LogP contribution in [0.5, 0.6) is 11.5 Å². The molecule has 106 valence electrons. The summed E-state index contributed by atoms with van der Waals surface area (Å²) in [5, 5.41) is 8.44. The number of carboxylic acids is 1. The Labute approximate surface area is 107 Å². The van der Waals surface area contributed by atoms with Crippen LogP contribution in [0.4, 0.5) is 13.2 Å². The lowest BCUT2D eigenvalue weighted by molar-refractivity contribution is -0.200. The van der Waals surface area contributed by atoms with E-state index >= 15 is 0 Å². The van der Waals surface area contributed by atoms with Crippen LogP contribution in [0.15, 0.2) is 24.3 Å². The lowest BCUT2D eigenvalue weighted by Crippen LogP contribution is -2.36. The maximum Gasteiger partial charge on any atom is 0.425 e. The van der Waals surface area contributed by atoms with Crippen LogP contribution in [0, 0.1) is 0 Å². The van der Waals surface area contributed by atoms with Gasteiger partial charge >= 0.3 is 12.1 Å². The minimum Gasteiger partial charge on any atom is -0.494 e. The standard InChI is InChI=1S/C12H13F3O4/c1-2-18-8-3-5-9(6-4-8)19-10(7-11(16)17)12(13,14)15/h3-6,10H,2,7H2,1H3,(H,16,17). The number of ether oxygens (including phenoxy) is 2. The van der Waals surface area contributed by atoms with Crippen molar-refractivity contribution in [3.05, 3.63) is 24.3 Å². The first kappa shape index (κ1) is 15.1. The number of hydrogen-bond donors (Lipinski definition) is 1. The molecule has 0 amide bonds. The van der Waals surface area contributed by atoms with Gasteiger partial charge in [-0.2, -0.15) is 13.2 Å². The number of hydrogen-bond acceptors (Lipinski definition) is 3. The van der Waals surface area contributed by atoms with Crippen LogP contribution >= 0.6 is 0 Å². The van der Waals surface area contributed by atoms with Crippen molar-refractivity contribution in [3.8, 4) is 11.5 Å². The van der Waals surface area contributed by atoms with Crippen molar-refractivity contribution in [1.29, 1.82) is 0 Å². The molecule has 0 saturated heterocycles. The zero-order valence-electron chi connectivity index (χ0n) is 10.1. The molecule has 0 saturated carbocycles. The molecule has 7 heteroatoms. The third-order valence-electron chi connectivity index (χ3n) is 2.14. The number of rotatable bonds is 6. The number of aliphatic carboxylic acids is 1. The van der Waals surface area contributed by atoms with E-state index in [0.717, 1.165) is 0 Å². The summed E-state index contributed by atoms with van der Waals surface area (Å²) in [5.41, 5.74) is 0. The van der Waals surface area contributed by atoms with E-state index in [1.807, 2.05) is 0 Å². The van der Waals surface area contributed by atoms with E-state index in [0.29, 0.717) is 12.4 Å². The average molecular weight is 278 g/mol. The molecule has 1 aromatic carbocycles. The minimum absolute atomic E-state index is 0.0629. The molecule has 0 radical (unpaired) electrons. The molecule has 1 rings (SSSR count). The Kier molecular flexibility index (Phi) is 5.02. The summed E-state index contributed by atoms with van der Waals surface area (Å²) in [7, 11) is 0. The third kappa shape index (κ3) is 5.07. The lowest BCUT2D eigenvalue weighted by Gasteiger charge is -2.20. The summed E-state index contributed by atoms with van der Waals surface area (Å²) in [5.74, 6) is -1.14. The smallest absolute Gasteiger partial charge is 0.425 e. The summed E-state index contributed by atoms with van der Waals surface area (Å²) in [6.45, 7) is 2.21. The number of carboxylic acid groups (broad SMARTS) is 1. The van der Waals surface area contributed by atoms with Crippen molar-refractivity contribution in [1.82, 2.24) is 0 Å². The molecule has 4 nitrogen and oxygen atoms in total. The van der Waals surface area contributed by atoms with Crippen LogP contribution in [-0.4, -0.2) is 30.0 Å². The van der Waals surface area contributed by atoms with Gasteiger partial charge in [-0.15, -0.1) is 0 Å². The highest BCUT2D eigenvalue weighted by Gasteiger charge is 2.43. The molecule has 0 bridgehead atoms. The summed E-state index contributed by atoms with van der Waals surface area (Å²) >= 11 is 0. The molecule has 1 unspecified atom stereocenters. The van der Waals surface area contributed by atoms with E-state index in [1.165, 1.54) is 24.3 Å². The van der Waals surface area contributed by atoms with Crippen LogP contribution in [0.2, 0.25) is 0 Å². The van der Waals surface area contributed by atoms with E-state index in [2.05, 4.69) is 4.74 Å². The highest BCUT2D eigenvalue weighted by molar-refractivity contribution is 5.67. The van der Waals surface area contributed by atoms with Gasteiger partial charge in [-0.05, 0) is 31.2 Å². The summed E-state index contributed by atoms with van der Waals surface area (Å²) in [4.78, 5) is 10.4. The van der Waals surface area contributed by atoms with Gasteiger partial charge in [0, 0.05) is 0 Å². The lowest BCUT2D eigenvalue weighted by atomic mass is 10.2. The topological polar surface area (TPSA) is 55.8 Å². The highest BCUT2D eigenvalue weighted by Crippen LogP contribution is 2.28. The quantitative estimate of drug-likeness (QED) is 0.869. The second-order valence-electron chi connectivity index (χ2n) is 3.65. The molecule has 0 aromatic heterocycles. The van der Waals surface area contributed by atoms with Crippen LogP contribution < -0.4 is 9.47 Å². The largest absolute Gasteiger partial charge is 0.494 e. The molecule has 0 aliphatic rings. The number of carbonyl (C=O) groups is 1. The fraction of sp³-hybridized carbons (Fsp3) is 0.417. The van der Waals surface area contributed by atoms with Gasteiger partial charge < -0.3 is 14.6 Å². The Morgan fingerprint density at radius 2 is 1.79 bits per heavy atom. The molecule has 0 heterocycles. The van der Waals surface area contributed by atoms with Gasteiger partial charge in [0.2, 0.25) is 6.10 Å². The second-order valence-corrected chi connectivity index (χ2v) is 3.65. The predicted octanol–water partition coefficient (Wildman–Crippen LogP) is 2.87. The molecule has 1 N–H and O–H groups in total. The SMILES string of the molecule is CCOc1ccc(OC(CC(=O)O)C(F)(F)F)cc1. The third-order valence-corrected chi connectivity index (χ3v) is 2.14. The van der Waals surface area contributed by atoms with E-state index in [1.54, 1.807) is 6.92 Å². The first-order valence-corrected chi connectivity index (χ1v) is 5.51. The van der Waals surface area contributed by atoms with Crippen molar-refractivity contribution < 1.29 is 32.5 Å². The van der Waals surface area contributed by atoms with E-state index in [4.69, 9.17) is 9.84 Å². The van der Waals surface area contributed by atoms with Crippen molar-refractivity contribution in [2.45, 2.75) is 25.6 Å². The van der Waals surface area contributed by atoms with Gasteiger partial charge in [0.15, 0.2) is 0 Å². The van der Waals surface area contributed by atoms with Crippen LogP contribution in [0.1, 0.15) is 13.3 Å². The molecule has 19 heavy (non-hydrogen) atoms. The number of halogens is 3. The maximum absolute atomic E-state index is 12.6. The average Bonchev–Trinajstić information content (AvgIpc) is 2.29. The highest BCUT2D eigenvalue weighted by atomic mass is 19.4. The molecule has 0 aliphatic heterocycles. The Morgan fingerprint density at radius 3 is 2.21 bits per heavy atom. The predicted molar refractivity (Wildman–Crippen MR) is 60.3 cm³/mol. The number of benzene rings is 1. The Balaban J connectivity index is 2.76. The van der Waals surface area contributed by atoms with Crippen molar-refractivity contribution in [2.75, 3.05) is 6.61 Å². The molecular formula is C12H13F3O4. The normalized spacial score (nSPS) is 12.8. The fourth-order valence-electron chi connectivity index (χ4n) is 1.33. The Morgan fingerprint density at radius 1 is 1.26 bits per heavy atom. The Bertz CT molecular complexity index is 414. The molecule has 0 fully saturated rings. The zero-order valence-corrected chi connectivity index (χ0v) is 10.1. The van der Waals surface area contributed by atoms with E-state index in [9.17, 15) is 18.0 Å². The van der Waals surface area contributed by atoms with E-state index in [-0.39, 0.29) is 5.75 Å². The van der Waals surface area contributed by atoms with Gasteiger partial charge in [0.25, 0.3) is 0 Å². The van der Waals surface area contributed by atoms with Gasteiger partial charge in [0.05, 0.1) is 13.0 Å². The van der Waals surface area contributed by atoms with Crippen molar-refractivity contribution in [2.24, 2.45) is 0 Å². The number of alkyl halides is 3. The van der Waals surface area contributed by atoms with Crippen molar-refractivity contribution in [3.63, 3.8) is 0 Å². The molecule has 0 aliphatic carbocycles. The maximum atomic E-state index is 12.6. The monoisotopic (exact) mass is 278 g/mol. The van der Waals surface area contributed by atoms with Crippen LogP contribution in [-0.2, 0) is 4.79 Å². The molecule has 1 atom stereocenters. The first-order valence-electron chi connectivity index (χ1n) is 5.51. The molecule has 0 spiro atoms. The summed E-state index contributed by atoms with van der Waals surface area (Å²) < 4.78 is 47.4. The van der Waals surface area contributed by atoms with Crippen LogP contribution in [0.25, 0.3) is 0 Å². The summed E-state index contributed by atoms with van der Waals surface area (Å²) in [6.07, 6.45) is -8.25. The van der Waals surface area contributed by atoms with E-state index < -0.39 is 24.7 Å². The van der Waals surface area contributed by atoms with Gasteiger partial charge in [-0.3, -0.25) is 4.79 Å².